The van der Waals surface area contributed by atoms with Crippen molar-refractivity contribution in [2.75, 3.05) is 24.1 Å². The fraction of sp³-hybridized carbons (Fsp3) is 0.412. The van der Waals surface area contributed by atoms with Gasteiger partial charge < -0.3 is 14.6 Å². The summed E-state index contributed by atoms with van der Waals surface area (Å²) in [5, 5.41) is 6.55. The second-order valence-electron chi connectivity index (χ2n) is 5.99. The van der Waals surface area contributed by atoms with Crippen LogP contribution in [0.4, 0.5) is 5.69 Å². The summed E-state index contributed by atoms with van der Waals surface area (Å²) >= 11 is 0. The third kappa shape index (κ3) is 6.07. The molecule has 9 heteroatoms. The number of hydrogen-bond donors (Lipinski definition) is 2. The average Bonchev–Trinajstić information content (AvgIpc) is 2.99. The molecule has 142 valence electrons. The highest BCUT2D eigenvalue weighted by molar-refractivity contribution is 7.92. The number of carbonyl (C=O) groups is 1. The Bertz CT molecular complexity index is 848. The number of ether oxygens (including phenoxy) is 1. The number of aromatic nitrogens is 1. The second-order valence-corrected chi connectivity index (χ2v) is 7.75. The Hall–Kier alpha value is -2.55. The van der Waals surface area contributed by atoms with Crippen LogP contribution in [0, 0.1) is 12.8 Å². The zero-order chi connectivity index (χ0) is 19.2. The van der Waals surface area contributed by atoms with Crippen molar-refractivity contribution in [3.63, 3.8) is 0 Å². The molecule has 0 saturated heterocycles. The molecule has 0 bridgehead atoms. The van der Waals surface area contributed by atoms with Gasteiger partial charge in [0.2, 0.25) is 15.9 Å². The summed E-state index contributed by atoms with van der Waals surface area (Å²) in [6.07, 6.45) is 0.518. The van der Waals surface area contributed by atoms with E-state index >= 15 is 0 Å². The summed E-state index contributed by atoms with van der Waals surface area (Å²) in [5.41, 5.74) is 1.13. The van der Waals surface area contributed by atoms with Crippen LogP contribution < -0.4 is 14.8 Å². The van der Waals surface area contributed by atoms with Gasteiger partial charge in [-0.15, -0.1) is 0 Å². The molecule has 0 aliphatic heterocycles. The topological polar surface area (TPSA) is 111 Å². The minimum Gasteiger partial charge on any atom is -0.497 e. The predicted molar refractivity (Wildman–Crippen MR) is 97.5 cm³/mol. The molecule has 2 N–H and O–H groups in total. The molecule has 2 aromatic rings. The highest BCUT2D eigenvalue weighted by atomic mass is 32.2. The van der Waals surface area contributed by atoms with Crippen molar-refractivity contribution in [1.82, 2.24) is 10.5 Å². The van der Waals surface area contributed by atoms with E-state index in [4.69, 9.17) is 9.26 Å². The van der Waals surface area contributed by atoms with Gasteiger partial charge in [0.1, 0.15) is 11.5 Å². The van der Waals surface area contributed by atoms with Crippen LogP contribution in [0.25, 0.3) is 0 Å². The largest absolute Gasteiger partial charge is 0.497 e. The van der Waals surface area contributed by atoms with Crippen LogP contribution in [0.1, 0.15) is 18.4 Å². The van der Waals surface area contributed by atoms with E-state index in [0.717, 1.165) is 5.69 Å². The van der Waals surface area contributed by atoms with Gasteiger partial charge in [-0.1, -0.05) is 18.1 Å². The van der Waals surface area contributed by atoms with E-state index in [2.05, 4.69) is 15.2 Å². The molecule has 1 unspecified atom stereocenters. The molecular weight excluding hydrogens is 358 g/mol. The van der Waals surface area contributed by atoms with Gasteiger partial charge >= 0.3 is 0 Å². The number of rotatable bonds is 9. The van der Waals surface area contributed by atoms with E-state index in [1.54, 1.807) is 44.2 Å². The Balaban J connectivity index is 1.83. The van der Waals surface area contributed by atoms with Crippen molar-refractivity contribution >= 4 is 21.6 Å². The van der Waals surface area contributed by atoms with Crippen molar-refractivity contribution in [3.8, 4) is 5.75 Å². The summed E-state index contributed by atoms with van der Waals surface area (Å²) in [7, 11) is -2.17. The van der Waals surface area contributed by atoms with Crippen molar-refractivity contribution in [2.45, 2.75) is 20.3 Å². The Morgan fingerprint density at radius 1 is 1.35 bits per heavy atom. The molecule has 8 nitrogen and oxygen atoms in total. The minimum atomic E-state index is -3.67. The lowest BCUT2D eigenvalue weighted by molar-refractivity contribution is -0.123. The molecule has 0 spiro atoms. The number of benzene rings is 1. The maximum absolute atomic E-state index is 12.3. The SMILES string of the molecule is COc1cccc(NS(=O)(=O)CC(C)C(=O)NCCc2cc(C)on2)c1. The molecular formula is C17H23N3O5S. The predicted octanol–water partition coefficient (Wildman–Crippen LogP) is 1.73. The lowest BCUT2D eigenvalue weighted by Crippen LogP contribution is -2.35. The maximum atomic E-state index is 12.3. The lowest BCUT2D eigenvalue weighted by Gasteiger charge is -2.14. The fourth-order valence-electron chi connectivity index (χ4n) is 2.34. The molecule has 26 heavy (non-hydrogen) atoms. The van der Waals surface area contributed by atoms with Gasteiger partial charge in [0.25, 0.3) is 0 Å². The third-order valence-corrected chi connectivity index (χ3v) is 5.10. The zero-order valence-corrected chi connectivity index (χ0v) is 15.8. The standard InChI is InChI=1S/C17H23N3O5S/c1-12(17(21)18-8-7-14-9-13(2)25-19-14)11-26(22,23)20-15-5-4-6-16(10-15)24-3/h4-6,9-10,12,20H,7-8,11H2,1-3H3,(H,18,21). The molecule has 1 aromatic heterocycles. The van der Waals surface area contributed by atoms with Gasteiger partial charge in [-0.25, -0.2) is 8.42 Å². The summed E-state index contributed by atoms with van der Waals surface area (Å²) in [4.78, 5) is 12.1. The molecule has 1 aromatic carbocycles. The summed E-state index contributed by atoms with van der Waals surface area (Å²) in [6.45, 7) is 3.72. The number of nitrogens with zero attached hydrogens (tertiary/aromatic N) is 1. The van der Waals surface area contributed by atoms with E-state index in [9.17, 15) is 13.2 Å². The zero-order valence-electron chi connectivity index (χ0n) is 15.0. The van der Waals surface area contributed by atoms with Crippen molar-refractivity contribution in [2.24, 2.45) is 5.92 Å². The van der Waals surface area contributed by atoms with E-state index in [0.29, 0.717) is 30.2 Å². The van der Waals surface area contributed by atoms with Crippen molar-refractivity contribution in [3.05, 3.63) is 41.8 Å². The van der Waals surface area contributed by atoms with Crippen LogP contribution >= 0.6 is 0 Å². The molecule has 1 heterocycles. The molecule has 1 atom stereocenters. The smallest absolute Gasteiger partial charge is 0.233 e. The number of sulfonamides is 1. The normalized spacial score (nSPS) is 12.4. The second kappa shape index (κ2) is 8.70. The van der Waals surface area contributed by atoms with Gasteiger partial charge in [0, 0.05) is 25.1 Å². The van der Waals surface area contributed by atoms with Gasteiger partial charge in [-0.2, -0.15) is 0 Å². The molecule has 0 aliphatic rings. The summed E-state index contributed by atoms with van der Waals surface area (Å²) in [6, 6.07) is 8.37. The first-order valence-electron chi connectivity index (χ1n) is 8.13. The van der Waals surface area contributed by atoms with Crippen LogP contribution in [0.2, 0.25) is 0 Å². The minimum absolute atomic E-state index is 0.320. The van der Waals surface area contributed by atoms with Crippen molar-refractivity contribution in [1.29, 1.82) is 0 Å². The molecule has 0 fully saturated rings. The molecule has 2 rings (SSSR count). The highest BCUT2D eigenvalue weighted by Crippen LogP contribution is 2.18. The lowest BCUT2D eigenvalue weighted by atomic mass is 10.2. The van der Waals surface area contributed by atoms with Crippen molar-refractivity contribution < 1.29 is 22.5 Å². The number of hydrogen-bond acceptors (Lipinski definition) is 6. The van der Waals surface area contributed by atoms with E-state index in [1.807, 2.05) is 0 Å². The highest BCUT2D eigenvalue weighted by Gasteiger charge is 2.21. The first-order valence-corrected chi connectivity index (χ1v) is 9.79. The Morgan fingerprint density at radius 2 is 2.12 bits per heavy atom. The molecule has 1 amide bonds. The van der Waals surface area contributed by atoms with E-state index in [1.165, 1.54) is 7.11 Å². The number of amides is 1. The number of methoxy groups -OCH3 is 1. The third-order valence-electron chi connectivity index (χ3n) is 3.62. The summed E-state index contributed by atoms with van der Waals surface area (Å²) in [5.74, 6) is -0.106. The molecule has 0 aliphatic carbocycles. The first kappa shape index (κ1) is 19.8. The first-order chi connectivity index (χ1) is 12.3. The summed E-state index contributed by atoms with van der Waals surface area (Å²) < 4.78 is 37.0. The fourth-order valence-corrected chi connectivity index (χ4v) is 3.72. The molecule has 0 saturated carbocycles. The Labute approximate surface area is 153 Å². The maximum Gasteiger partial charge on any atom is 0.233 e. The van der Waals surface area contributed by atoms with Crippen LogP contribution in [0.3, 0.4) is 0 Å². The number of aryl methyl sites for hydroxylation is 1. The van der Waals surface area contributed by atoms with Gasteiger partial charge in [0.05, 0.1) is 30.2 Å². The van der Waals surface area contributed by atoms with Gasteiger partial charge in [-0.05, 0) is 19.1 Å². The molecule has 0 radical (unpaired) electrons. The number of carbonyl (C=O) groups excluding carboxylic acids is 1. The Morgan fingerprint density at radius 3 is 2.77 bits per heavy atom. The monoisotopic (exact) mass is 381 g/mol. The average molecular weight is 381 g/mol. The van der Waals surface area contributed by atoms with Crippen LogP contribution in [-0.2, 0) is 21.2 Å². The van der Waals surface area contributed by atoms with Gasteiger partial charge in [-0.3, -0.25) is 9.52 Å². The quantitative estimate of drug-likeness (QED) is 0.684. The number of anilines is 1. The number of nitrogens with one attached hydrogen (secondary N) is 2. The van der Waals surface area contributed by atoms with Crippen LogP contribution in [0.5, 0.6) is 5.75 Å². The van der Waals surface area contributed by atoms with E-state index in [-0.39, 0.29) is 11.7 Å². The van der Waals surface area contributed by atoms with E-state index < -0.39 is 15.9 Å². The van der Waals surface area contributed by atoms with Crippen LogP contribution in [-0.4, -0.2) is 38.9 Å². The van der Waals surface area contributed by atoms with Gasteiger partial charge in [0.15, 0.2) is 0 Å². The Kier molecular flexibility index (Phi) is 6.62. The van der Waals surface area contributed by atoms with Crippen LogP contribution in [0.15, 0.2) is 34.9 Å².